The maximum atomic E-state index is 10.8. The molecule has 2 rings (SSSR count). The van der Waals surface area contributed by atoms with E-state index in [2.05, 4.69) is 5.32 Å². The molecule has 0 aliphatic heterocycles. The number of rotatable bonds is 5. The van der Waals surface area contributed by atoms with Crippen molar-refractivity contribution >= 4 is 17.3 Å². The van der Waals surface area contributed by atoms with Gasteiger partial charge in [0.15, 0.2) is 5.75 Å². The van der Waals surface area contributed by atoms with Gasteiger partial charge in [0.25, 0.3) is 0 Å². The lowest BCUT2D eigenvalue weighted by Gasteiger charge is -2.13. The molecule has 7 heteroatoms. The number of nitro groups is 1. The molecule has 0 amide bonds. The van der Waals surface area contributed by atoms with Crippen molar-refractivity contribution < 1.29 is 15.1 Å². The first-order chi connectivity index (χ1) is 9.51. The summed E-state index contributed by atoms with van der Waals surface area (Å²) in [4.78, 5) is 10.1. The number of halogens is 1. The number of aliphatic hydroxyl groups excluding tert-OH is 1. The predicted molar refractivity (Wildman–Crippen MR) is 74.7 cm³/mol. The minimum absolute atomic E-state index is 0.0737. The highest BCUT2D eigenvalue weighted by molar-refractivity contribution is 6.31. The maximum Gasteiger partial charge on any atom is 0.312 e. The smallest absolute Gasteiger partial charge is 0.312 e. The van der Waals surface area contributed by atoms with Crippen molar-refractivity contribution in [2.75, 3.05) is 6.61 Å². The number of benzene rings is 1. The quantitative estimate of drug-likeness (QED) is 0.439. The van der Waals surface area contributed by atoms with Crippen LogP contribution in [-0.4, -0.2) is 27.8 Å². The summed E-state index contributed by atoms with van der Waals surface area (Å²) in [6.07, 6.45) is 4.63. The first-order valence-electron chi connectivity index (χ1n) is 6.19. The summed E-state index contributed by atoms with van der Waals surface area (Å²) in [5.74, 6) is -0.234. The number of nitrogens with one attached hydrogen (secondary N) is 1. The summed E-state index contributed by atoms with van der Waals surface area (Å²) < 4.78 is 0. The first-order valence-corrected chi connectivity index (χ1v) is 6.57. The van der Waals surface area contributed by atoms with Crippen LogP contribution in [0.3, 0.4) is 0 Å². The molecule has 20 heavy (non-hydrogen) atoms. The van der Waals surface area contributed by atoms with Gasteiger partial charge in [0.1, 0.15) is 0 Å². The summed E-state index contributed by atoms with van der Waals surface area (Å²) in [7, 11) is 0. The van der Waals surface area contributed by atoms with E-state index < -0.39 is 10.6 Å². The van der Waals surface area contributed by atoms with E-state index in [4.69, 9.17) is 16.7 Å². The molecule has 0 aromatic heterocycles. The third-order valence-electron chi connectivity index (χ3n) is 3.29. The van der Waals surface area contributed by atoms with Crippen molar-refractivity contribution in [2.24, 2.45) is 5.92 Å². The number of aliphatic hydroxyl groups is 1. The van der Waals surface area contributed by atoms with Gasteiger partial charge in [0.2, 0.25) is 0 Å². The zero-order chi connectivity index (χ0) is 14.7. The topological polar surface area (TPSA) is 95.6 Å². The van der Waals surface area contributed by atoms with Crippen LogP contribution in [-0.2, 0) is 6.54 Å². The van der Waals surface area contributed by atoms with Crippen LogP contribution >= 0.6 is 11.6 Å². The van der Waals surface area contributed by atoms with Gasteiger partial charge in [0.05, 0.1) is 4.92 Å². The van der Waals surface area contributed by atoms with E-state index in [1.807, 2.05) is 12.2 Å². The number of nitrogens with zero attached hydrogens (tertiary/aromatic N) is 1. The predicted octanol–water partition coefficient (Wildman–Crippen LogP) is 1.98. The summed E-state index contributed by atoms with van der Waals surface area (Å²) in [6.45, 7) is 0.364. The zero-order valence-corrected chi connectivity index (χ0v) is 11.4. The normalized spacial score (nSPS) is 21.3. The fraction of sp³-hybridized carbons (Fsp3) is 0.385. The molecule has 108 valence electrons. The molecule has 0 heterocycles. The minimum atomic E-state index is -0.665. The van der Waals surface area contributed by atoms with Crippen LogP contribution in [0.25, 0.3) is 0 Å². The first kappa shape index (κ1) is 14.8. The lowest BCUT2D eigenvalue weighted by atomic mass is 10.1. The molecule has 0 saturated carbocycles. The second kappa shape index (κ2) is 6.21. The van der Waals surface area contributed by atoms with Gasteiger partial charge >= 0.3 is 5.69 Å². The Morgan fingerprint density at radius 2 is 2.20 bits per heavy atom. The van der Waals surface area contributed by atoms with Crippen LogP contribution in [0.2, 0.25) is 5.02 Å². The number of hydrogen-bond donors (Lipinski definition) is 3. The van der Waals surface area contributed by atoms with E-state index in [9.17, 15) is 15.2 Å². The van der Waals surface area contributed by atoms with Gasteiger partial charge in [-0.2, -0.15) is 0 Å². The summed E-state index contributed by atoms with van der Waals surface area (Å²) in [6, 6.07) is 2.70. The summed E-state index contributed by atoms with van der Waals surface area (Å²) >= 11 is 5.82. The van der Waals surface area contributed by atoms with E-state index in [1.165, 1.54) is 6.07 Å². The molecular weight excluding hydrogens is 284 g/mol. The summed E-state index contributed by atoms with van der Waals surface area (Å²) in [5, 5.41) is 33.1. The van der Waals surface area contributed by atoms with Gasteiger partial charge in [-0.05, 0) is 12.5 Å². The number of phenolic OH excluding ortho intramolecular Hbond substituents is 1. The Morgan fingerprint density at radius 1 is 1.45 bits per heavy atom. The number of nitro benzene ring substituents is 1. The molecule has 6 nitrogen and oxygen atoms in total. The number of phenols is 1. The van der Waals surface area contributed by atoms with Gasteiger partial charge in [-0.1, -0.05) is 23.8 Å². The van der Waals surface area contributed by atoms with Crippen LogP contribution in [0.5, 0.6) is 5.75 Å². The highest BCUT2D eigenvalue weighted by Gasteiger charge is 2.21. The van der Waals surface area contributed by atoms with Crippen molar-refractivity contribution in [1.29, 1.82) is 0 Å². The lowest BCUT2D eigenvalue weighted by Crippen LogP contribution is -2.26. The number of hydrogen-bond acceptors (Lipinski definition) is 5. The maximum absolute atomic E-state index is 10.8. The Balaban J connectivity index is 2.07. The minimum Gasteiger partial charge on any atom is -0.502 e. The molecule has 0 radical (unpaired) electrons. The number of aromatic hydroxyl groups is 1. The van der Waals surface area contributed by atoms with Crippen LogP contribution in [0.15, 0.2) is 24.3 Å². The van der Waals surface area contributed by atoms with Crippen LogP contribution in [0.4, 0.5) is 5.69 Å². The van der Waals surface area contributed by atoms with Crippen molar-refractivity contribution in [3.05, 3.63) is 45.0 Å². The van der Waals surface area contributed by atoms with Gasteiger partial charge in [-0.25, -0.2) is 0 Å². The molecule has 0 bridgehead atoms. The molecular formula is C13H15ClN2O4. The monoisotopic (exact) mass is 298 g/mol. The Bertz CT molecular complexity index is 547. The van der Waals surface area contributed by atoms with Crippen LogP contribution < -0.4 is 5.32 Å². The molecule has 0 unspecified atom stereocenters. The molecule has 1 aromatic carbocycles. The van der Waals surface area contributed by atoms with E-state index in [1.54, 1.807) is 0 Å². The average Bonchev–Trinajstić information content (AvgIpc) is 2.87. The lowest BCUT2D eigenvalue weighted by molar-refractivity contribution is -0.385. The van der Waals surface area contributed by atoms with Crippen molar-refractivity contribution in [3.8, 4) is 5.75 Å². The fourth-order valence-corrected chi connectivity index (χ4v) is 2.45. The van der Waals surface area contributed by atoms with Crippen LogP contribution in [0, 0.1) is 16.0 Å². The SMILES string of the molecule is O=[N+]([O-])c1cc(Cl)cc(CN[C@@H]2C=C[C@H](CO)C2)c1O. The standard InChI is InChI=1S/C13H15ClN2O4/c14-10-4-9(13(18)12(5-10)16(19)20)6-15-11-2-1-8(3-11)7-17/h1-2,4-5,8,11,15,17-18H,3,6-7H2/t8-,11+/m0/s1. The van der Waals surface area contributed by atoms with Gasteiger partial charge < -0.3 is 15.5 Å². The van der Waals surface area contributed by atoms with E-state index in [0.717, 1.165) is 12.5 Å². The Hall–Kier alpha value is -1.63. The zero-order valence-electron chi connectivity index (χ0n) is 10.6. The second-order valence-corrected chi connectivity index (χ2v) is 5.18. The molecule has 0 fully saturated rings. The molecule has 0 spiro atoms. The van der Waals surface area contributed by atoms with Gasteiger partial charge in [-0.3, -0.25) is 10.1 Å². The Morgan fingerprint density at radius 3 is 2.80 bits per heavy atom. The Labute approximate surface area is 120 Å². The second-order valence-electron chi connectivity index (χ2n) is 4.74. The van der Waals surface area contributed by atoms with Crippen molar-refractivity contribution in [3.63, 3.8) is 0 Å². The Kier molecular flexibility index (Phi) is 4.59. The van der Waals surface area contributed by atoms with E-state index in [0.29, 0.717) is 5.56 Å². The van der Waals surface area contributed by atoms with Gasteiger partial charge in [-0.15, -0.1) is 0 Å². The summed E-state index contributed by atoms with van der Waals surface area (Å²) in [5.41, 5.74) is -0.0189. The highest BCUT2D eigenvalue weighted by atomic mass is 35.5. The van der Waals surface area contributed by atoms with E-state index in [-0.39, 0.29) is 35.9 Å². The molecule has 3 N–H and O–H groups in total. The molecule has 2 atom stereocenters. The fourth-order valence-electron chi connectivity index (χ4n) is 2.22. The molecule has 1 aliphatic rings. The van der Waals surface area contributed by atoms with Gasteiger partial charge in [0, 0.05) is 41.8 Å². The van der Waals surface area contributed by atoms with Crippen molar-refractivity contribution in [2.45, 2.75) is 19.0 Å². The molecule has 1 aliphatic carbocycles. The molecule has 1 aromatic rings. The largest absolute Gasteiger partial charge is 0.502 e. The third-order valence-corrected chi connectivity index (χ3v) is 3.51. The third kappa shape index (κ3) is 3.27. The highest BCUT2D eigenvalue weighted by Crippen LogP contribution is 2.33. The van der Waals surface area contributed by atoms with Crippen LogP contribution in [0.1, 0.15) is 12.0 Å². The molecule has 0 saturated heterocycles. The van der Waals surface area contributed by atoms with Crippen molar-refractivity contribution in [1.82, 2.24) is 5.32 Å². The van der Waals surface area contributed by atoms with E-state index >= 15 is 0 Å². The average molecular weight is 299 g/mol.